The summed E-state index contributed by atoms with van der Waals surface area (Å²) < 4.78 is 27.5. The fourth-order valence-corrected chi connectivity index (χ4v) is 6.21. The molecule has 2 aromatic heterocycles. The topological polar surface area (TPSA) is 92.2 Å². The third-order valence-electron chi connectivity index (χ3n) is 6.73. The number of hydrogen-bond acceptors (Lipinski definition) is 7. The first kappa shape index (κ1) is 24.3. The lowest BCUT2D eigenvalue weighted by atomic mass is 9.91. The van der Waals surface area contributed by atoms with Crippen molar-refractivity contribution in [3.8, 4) is 0 Å². The molecule has 2 heterocycles. The molecule has 1 aliphatic carbocycles. The second-order valence-electron chi connectivity index (χ2n) is 9.47. The molecular weight excluding hydrogens is 472 g/mol. The molecule has 0 aliphatic heterocycles. The Morgan fingerprint density at radius 1 is 0.889 bits per heavy atom. The van der Waals surface area contributed by atoms with Gasteiger partial charge in [-0.2, -0.15) is 4.98 Å². The minimum absolute atomic E-state index is 0.294. The smallest absolute Gasteiger partial charge is 0.267 e. The molecule has 1 saturated carbocycles. The standard InChI is InChI=1S/C27H32N6O2S/c1-32(2)26-24-12-6-7-13-25(24)30-27(31-26)29-21-16-14-20(15-17-21)28-19-22-9-8-18-33(22)36(34,35)23-10-4-3-5-11-23/h3-13,18,20-21,28H,14-17,19H2,1-2H3,(H,29,30,31)/t20-,21+. The fourth-order valence-electron chi connectivity index (χ4n) is 4.82. The molecule has 36 heavy (non-hydrogen) atoms. The predicted octanol–water partition coefficient (Wildman–Crippen LogP) is 4.25. The maximum atomic E-state index is 13.0. The monoisotopic (exact) mass is 504 g/mol. The zero-order valence-electron chi connectivity index (χ0n) is 20.6. The van der Waals surface area contributed by atoms with Crippen LogP contribution in [0, 0.1) is 0 Å². The number of nitrogens with zero attached hydrogens (tertiary/aromatic N) is 4. The first-order chi connectivity index (χ1) is 17.4. The lowest BCUT2D eigenvalue weighted by Gasteiger charge is -2.30. The van der Waals surface area contributed by atoms with Crippen LogP contribution in [0.5, 0.6) is 0 Å². The summed E-state index contributed by atoms with van der Waals surface area (Å²) in [6, 6.07) is 20.9. The zero-order valence-corrected chi connectivity index (χ0v) is 21.4. The van der Waals surface area contributed by atoms with Gasteiger partial charge in [-0.3, -0.25) is 0 Å². The molecule has 0 unspecified atom stereocenters. The number of nitrogens with one attached hydrogen (secondary N) is 2. The Hall–Kier alpha value is -3.43. The van der Waals surface area contributed by atoms with Gasteiger partial charge in [0.15, 0.2) is 0 Å². The van der Waals surface area contributed by atoms with E-state index in [2.05, 4.69) is 10.6 Å². The first-order valence-electron chi connectivity index (χ1n) is 12.3. The van der Waals surface area contributed by atoms with Crippen molar-refractivity contribution in [2.45, 2.75) is 49.2 Å². The highest BCUT2D eigenvalue weighted by atomic mass is 32.2. The number of rotatable bonds is 8. The van der Waals surface area contributed by atoms with Crippen LogP contribution in [0.25, 0.3) is 10.9 Å². The van der Waals surface area contributed by atoms with Gasteiger partial charge < -0.3 is 15.5 Å². The lowest BCUT2D eigenvalue weighted by Crippen LogP contribution is -2.37. The van der Waals surface area contributed by atoms with Crippen LogP contribution < -0.4 is 15.5 Å². The summed E-state index contributed by atoms with van der Waals surface area (Å²) in [5.41, 5.74) is 1.67. The van der Waals surface area contributed by atoms with Crippen LogP contribution in [0.1, 0.15) is 31.4 Å². The van der Waals surface area contributed by atoms with Gasteiger partial charge in [-0.05, 0) is 62.1 Å². The van der Waals surface area contributed by atoms with Crippen molar-refractivity contribution in [1.82, 2.24) is 19.3 Å². The summed E-state index contributed by atoms with van der Waals surface area (Å²) in [4.78, 5) is 11.8. The summed E-state index contributed by atoms with van der Waals surface area (Å²) in [7, 11) is 0.395. The molecule has 4 aromatic rings. The van der Waals surface area contributed by atoms with Crippen LogP contribution in [0.4, 0.5) is 11.8 Å². The van der Waals surface area contributed by atoms with Gasteiger partial charge in [0.2, 0.25) is 5.95 Å². The average molecular weight is 505 g/mol. The van der Waals surface area contributed by atoms with Gasteiger partial charge in [-0.15, -0.1) is 0 Å². The van der Waals surface area contributed by atoms with E-state index < -0.39 is 10.0 Å². The second-order valence-corrected chi connectivity index (χ2v) is 11.3. The zero-order chi connectivity index (χ0) is 25.1. The molecule has 188 valence electrons. The van der Waals surface area contributed by atoms with E-state index in [9.17, 15) is 8.42 Å². The Kier molecular flexibility index (Phi) is 6.93. The second kappa shape index (κ2) is 10.3. The van der Waals surface area contributed by atoms with Crippen LogP contribution in [-0.2, 0) is 16.6 Å². The van der Waals surface area contributed by atoms with Crippen molar-refractivity contribution < 1.29 is 8.42 Å². The molecule has 2 aromatic carbocycles. The van der Waals surface area contributed by atoms with E-state index in [4.69, 9.17) is 9.97 Å². The molecule has 0 atom stereocenters. The third-order valence-corrected chi connectivity index (χ3v) is 8.47. The normalized spacial score (nSPS) is 18.3. The van der Waals surface area contributed by atoms with Gasteiger partial charge in [0.1, 0.15) is 5.82 Å². The van der Waals surface area contributed by atoms with Gasteiger partial charge in [0, 0.05) is 50.0 Å². The Bertz CT molecular complexity index is 1430. The molecule has 8 nitrogen and oxygen atoms in total. The molecule has 9 heteroatoms. The predicted molar refractivity (Wildman–Crippen MR) is 144 cm³/mol. The molecule has 1 fully saturated rings. The molecule has 1 aliphatic rings. The van der Waals surface area contributed by atoms with Crippen LogP contribution in [0.3, 0.4) is 0 Å². The molecule has 2 N–H and O–H groups in total. The lowest BCUT2D eigenvalue weighted by molar-refractivity contribution is 0.350. The highest BCUT2D eigenvalue weighted by molar-refractivity contribution is 7.90. The Balaban J connectivity index is 1.19. The molecule has 0 spiro atoms. The number of fused-ring (bicyclic) bond motifs is 1. The molecule has 5 rings (SSSR count). The Morgan fingerprint density at radius 3 is 2.33 bits per heavy atom. The summed E-state index contributed by atoms with van der Waals surface area (Å²) in [6.07, 6.45) is 5.60. The highest BCUT2D eigenvalue weighted by Gasteiger charge is 2.24. The summed E-state index contributed by atoms with van der Waals surface area (Å²) in [6.45, 7) is 0.502. The Labute approximate surface area is 212 Å². The average Bonchev–Trinajstić information content (AvgIpc) is 3.38. The third kappa shape index (κ3) is 5.08. The number of anilines is 2. The quantitative estimate of drug-likeness (QED) is 0.371. The maximum absolute atomic E-state index is 13.0. The fraction of sp³-hybridized carbons (Fsp3) is 0.333. The summed E-state index contributed by atoms with van der Waals surface area (Å²) in [5.74, 6) is 1.57. The van der Waals surface area contributed by atoms with E-state index in [-0.39, 0.29) is 0 Å². The molecular formula is C27H32N6O2S. The van der Waals surface area contributed by atoms with Crippen molar-refractivity contribution in [2.75, 3.05) is 24.3 Å². The number of benzene rings is 2. The Morgan fingerprint density at radius 2 is 1.58 bits per heavy atom. The molecule has 0 radical (unpaired) electrons. The molecule has 0 bridgehead atoms. The SMILES string of the molecule is CN(C)c1nc(N[C@H]2CC[C@@H](NCc3cccn3S(=O)(=O)c3ccccc3)CC2)nc2ccccc12. The largest absolute Gasteiger partial charge is 0.362 e. The number of aromatic nitrogens is 3. The van der Waals surface area contributed by atoms with Crippen molar-refractivity contribution in [3.63, 3.8) is 0 Å². The van der Waals surface area contributed by atoms with Crippen LogP contribution in [-0.4, -0.2) is 48.5 Å². The van der Waals surface area contributed by atoms with Crippen LogP contribution in [0.2, 0.25) is 0 Å². The molecule has 0 saturated heterocycles. The van der Waals surface area contributed by atoms with E-state index in [1.807, 2.05) is 55.4 Å². The van der Waals surface area contributed by atoms with Crippen molar-refractivity contribution in [3.05, 3.63) is 78.6 Å². The van der Waals surface area contributed by atoms with Gasteiger partial charge >= 0.3 is 0 Å². The van der Waals surface area contributed by atoms with Crippen LogP contribution >= 0.6 is 0 Å². The molecule has 0 amide bonds. The first-order valence-corrected chi connectivity index (χ1v) is 13.8. The summed E-state index contributed by atoms with van der Waals surface area (Å²) >= 11 is 0. The number of hydrogen-bond donors (Lipinski definition) is 2. The minimum Gasteiger partial charge on any atom is -0.362 e. The van der Waals surface area contributed by atoms with Gasteiger partial charge in [0.05, 0.1) is 10.4 Å². The van der Waals surface area contributed by atoms with E-state index in [1.54, 1.807) is 36.5 Å². The van der Waals surface area contributed by atoms with E-state index in [0.29, 0.717) is 29.5 Å². The van der Waals surface area contributed by atoms with Gasteiger partial charge in [-0.25, -0.2) is 17.4 Å². The van der Waals surface area contributed by atoms with Crippen molar-refractivity contribution in [1.29, 1.82) is 0 Å². The van der Waals surface area contributed by atoms with Crippen LogP contribution in [0.15, 0.2) is 77.8 Å². The van der Waals surface area contributed by atoms with E-state index in [0.717, 1.165) is 48.1 Å². The number of para-hydroxylation sites is 1. The van der Waals surface area contributed by atoms with E-state index >= 15 is 0 Å². The van der Waals surface area contributed by atoms with Gasteiger partial charge in [0.25, 0.3) is 10.0 Å². The van der Waals surface area contributed by atoms with E-state index in [1.165, 1.54) is 3.97 Å². The van der Waals surface area contributed by atoms with Crippen molar-refractivity contribution >= 4 is 32.7 Å². The highest BCUT2D eigenvalue weighted by Crippen LogP contribution is 2.26. The summed E-state index contributed by atoms with van der Waals surface area (Å²) in [5, 5.41) is 8.16. The van der Waals surface area contributed by atoms with Crippen molar-refractivity contribution in [2.24, 2.45) is 0 Å². The van der Waals surface area contributed by atoms with Gasteiger partial charge in [-0.1, -0.05) is 30.3 Å². The maximum Gasteiger partial charge on any atom is 0.267 e. The minimum atomic E-state index is -3.60.